The minimum Gasteiger partial charge on any atom is -0.362 e. The highest BCUT2D eigenvalue weighted by atomic mass is 35.5. The van der Waals surface area contributed by atoms with E-state index in [4.69, 9.17) is 11.6 Å². The van der Waals surface area contributed by atoms with Crippen LogP contribution >= 0.6 is 11.6 Å². The van der Waals surface area contributed by atoms with Gasteiger partial charge >= 0.3 is 6.18 Å². The van der Waals surface area contributed by atoms with E-state index in [9.17, 15) is 18.0 Å². The summed E-state index contributed by atoms with van der Waals surface area (Å²) in [6.07, 6.45) is -3.21. The van der Waals surface area contributed by atoms with E-state index in [2.05, 4.69) is 20.8 Å². The van der Waals surface area contributed by atoms with Crippen LogP contribution < -0.4 is 10.6 Å². The van der Waals surface area contributed by atoms with Crippen LogP contribution in [0, 0.1) is 6.92 Å². The highest BCUT2D eigenvalue weighted by molar-refractivity contribution is 6.36. The van der Waals surface area contributed by atoms with Crippen LogP contribution in [-0.4, -0.2) is 31.6 Å². The SMILES string of the molecule is Cc1c(CNC(=O)c2nn3c(c2Cl)N[C@H](c2ccccc2)C[C@H]3C(F)(F)F)cnn1C. The molecule has 3 heterocycles. The van der Waals surface area contributed by atoms with Crippen LogP contribution in [0.15, 0.2) is 36.5 Å². The quantitative estimate of drug-likeness (QED) is 0.623. The predicted molar refractivity (Wildman–Crippen MR) is 109 cm³/mol. The van der Waals surface area contributed by atoms with Gasteiger partial charge < -0.3 is 10.6 Å². The van der Waals surface area contributed by atoms with E-state index in [-0.39, 0.29) is 29.5 Å². The molecule has 0 fully saturated rings. The number of carbonyl (C=O) groups excluding carboxylic acids is 1. The van der Waals surface area contributed by atoms with Crippen molar-refractivity contribution in [1.29, 1.82) is 0 Å². The molecule has 164 valence electrons. The Labute approximate surface area is 181 Å². The van der Waals surface area contributed by atoms with Gasteiger partial charge in [-0.15, -0.1) is 0 Å². The third-order valence-corrected chi connectivity index (χ3v) is 5.85. The summed E-state index contributed by atoms with van der Waals surface area (Å²) in [6.45, 7) is 2.00. The van der Waals surface area contributed by atoms with Crippen molar-refractivity contribution in [3.05, 3.63) is 64.1 Å². The predicted octanol–water partition coefficient (Wildman–Crippen LogP) is 4.17. The molecule has 11 heteroatoms. The van der Waals surface area contributed by atoms with E-state index < -0.39 is 24.2 Å². The third kappa shape index (κ3) is 3.99. The van der Waals surface area contributed by atoms with Crippen molar-refractivity contribution in [2.75, 3.05) is 5.32 Å². The zero-order chi connectivity index (χ0) is 22.3. The Balaban J connectivity index is 1.63. The van der Waals surface area contributed by atoms with E-state index in [0.717, 1.165) is 15.9 Å². The summed E-state index contributed by atoms with van der Waals surface area (Å²) in [5, 5.41) is 13.6. The Hall–Kier alpha value is -3.01. The molecule has 0 saturated heterocycles. The molecule has 0 spiro atoms. The van der Waals surface area contributed by atoms with Gasteiger partial charge in [-0.25, -0.2) is 4.68 Å². The number of hydrogen-bond donors (Lipinski definition) is 2. The number of anilines is 1. The molecule has 0 saturated carbocycles. The van der Waals surface area contributed by atoms with Crippen LogP contribution in [0.5, 0.6) is 0 Å². The first-order chi connectivity index (χ1) is 14.7. The molecule has 1 amide bonds. The Morgan fingerprint density at radius 1 is 1.32 bits per heavy atom. The molecule has 0 unspecified atom stereocenters. The zero-order valence-electron chi connectivity index (χ0n) is 16.7. The fraction of sp³-hybridized carbons (Fsp3) is 0.350. The lowest BCUT2D eigenvalue weighted by molar-refractivity contribution is -0.173. The maximum absolute atomic E-state index is 13.8. The lowest BCUT2D eigenvalue weighted by atomic mass is 9.97. The number of nitrogens with one attached hydrogen (secondary N) is 2. The van der Waals surface area contributed by atoms with Crippen molar-refractivity contribution < 1.29 is 18.0 Å². The Kier molecular flexibility index (Phi) is 5.42. The van der Waals surface area contributed by atoms with Gasteiger partial charge in [0.05, 0.1) is 12.2 Å². The maximum Gasteiger partial charge on any atom is 0.410 e. The summed E-state index contributed by atoms with van der Waals surface area (Å²) in [6, 6.07) is 6.26. The van der Waals surface area contributed by atoms with Crippen molar-refractivity contribution in [3.63, 3.8) is 0 Å². The molecule has 0 bridgehead atoms. The zero-order valence-corrected chi connectivity index (χ0v) is 17.5. The van der Waals surface area contributed by atoms with Gasteiger partial charge in [0.25, 0.3) is 5.91 Å². The van der Waals surface area contributed by atoms with Crippen LogP contribution in [0.1, 0.15) is 45.8 Å². The highest BCUT2D eigenvalue weighted by Crippen LogP contribution is 2.46. The van der Waals surface area contributed by atoms with Crippen LogP contribution in [0.3, 0.4) is 0 Å². The van der Waals surface area contributed by atoms with Crippen molar-refractivity contribution >= 4 is 23.3 Å². The first kappa shape index (κ1) is 21.2. The summed E-state index contributed by atoms with van der Waals surface area (Å²) in [5.41, 5.74) is 2.08. The second-order valence-electron chi connectivity index (χ2n) is 7.42. The number of amides is 1. The smallest absolute Gasteiger partial charge is 0.362 e. The minimum absolute atomic E-state index is 0.0215. The fourth-order valence-corrected chi connectivity index (χ4v) is 3.88. The largest absolute Gasteiger partial charge is 0.410 e. The van der Waals surface area contributed by atoms with Gasteiger partial charge in [0.15, 0.2) is 11.7 Å². The molecule has 2 aromatic heterocycles. The van der Waals surface area contributed by atoms with Gasteiger partial charge in [-0.2, -0.15) is 23.4 Å². The number of aromatic nitrogens is 4. The van der Waals surface area contributed by atoms with Crippen LogP contribution in [0.25, 0.3) is 0 Å². The monoisotopic (exact) mass is 452 g/mol. The van der Waals surface area contributed by atoms with Crippen molar-refractivity contribution in [3.8, 4) is 0 Å². The number of hydrogen-bond acceptors (Lipinski definition) is 4. The van der Waals surface area contributed by atoms with Crippen molar-refractivity contribution in [2.24, 2.45) is 7.05 Å². The molecule has 1 aliphatic rings. The maximum atomic E-state index is 13.8. The number of nitrogens with zero attached hydrogens (tertiary/aromatic N) is 4. The average Bonchev–Trinajstić information content (AvgIpc) is 3.25. The van der Waals surface area contributed by atoms with E-state index in [1.807, 2.05) is 6.92 Å². The van der Waals surface area contributed by atoms with Crippen LogP contribution in [-0.2, 0) is 13.6 Å². The first-order valence-corrected chi connectivity index (χ1v) is 9.96. The summed E-state index contributed by atoms with van der Waals surface area (Å²) >= 11 is 6.33. The Morgan fingerprint density at radius 3 is 2.65 bits per heavy atom. The van der Waals surface area contributed by atoms with E-state index in [1.165, 1.54) is 0 Å². The molecule has 4 rings (SSSR count). The van der Waals surface area contributed by atoms with E-state index >= 15 is 0 Å². The number of fused-ring (bicyclic) bond motifs is 1. The summed E-state index contributed by atoms with van der Waals surface area (Å²) in [4.78, 5) is 12.7. The summed E-state index contributed by atoms with van der Waals surface area (Å²) in [7, 11) is 1.77. The molecule has 2 atom stereocenters. The second-order valence-corrected chi connectivity index (χ2v) is 7.80. The number of carbonyl (C=O) groups is 1. The average molecular weight is 453 g/mol. The van der Waals surface area contributed by atoms with Crippen LogP contribution in [0.4, 0.5) is 19.0 Å². The standard InChI is InChI=1S/C20H20ClF3N6O/c1-11-13(10-26-29(11)2)9-25-19(31)17-16(21)18-27-14(12-6-4-3-5-7-12)8-15(20(22,23)24)30(18)28-17/h3-7,10,14-15,27H,8-9H2,1-2H3,(H,25,31)/t14-,15-/m0/s1. The molecule has 0 radical (unpaired) electrons. The lowest BCUT2D eigenvalue weighted by Crippen LogP contribution is -2.35. The Morgan fingerprint density at radius 2 is 2.03 bits per heavy atom. The van der Waals surface area contributed by atoms with E-state index in [0.29, 0.717) is 5.56 Å². The molecule has 7 nitrogen and oxygen atoms in total. The fourth-order valence-electron chi connectivity index (χ4n) is 3.62. The van der Waals surface area contributed by atoms with Gasteiger partial charge in [-0.05, 0) is 12.5 Å². The van der Waals surface area contributed by atoms with Gasteiger partial charge in [-0.3, -0.25) is 9.48 Å². The molecule has 0 aliphatic carbocycles. The number of alkyl halides is 3. The Bertz CT molecular complexity index is 1110. The highest BCUT2D eigenvalue weighted by Gasteiger charge is 2.47. The third-order valence-electron chi connectivity index (χ3n) is 5.49. The molecular weight excluding hydrogens is 433 g/mol. The lowest BCUT2D eigenvalue weighted by Gasteiger charge is -2.33. The molecule has 1 aromatic carbocycles. The van der Waals surface area contributed by atoms with Gasteiger partial charge in [0.2, 0.25) is 0 Å². The minimum atomic E-state index is -4.56. The van der Waals surface area contributed by atoms with E-state index in [1.54, 1.807) is 48.3 Å². The van der Waals surface area contributed by atoms with Gasteiger partial charge in [0.1, 0.15) is 10.8 Å². The van der Waals surface area contributed by atoms with Gasteiger partial charge in [0, 0.05) is 31.3 Å². The van der Waals surface area contributed by atoms with Crippen molar-refractivity contribution in [2.45, 2.75) is 38.1 Å². The second kappa shape index (κ2) is 7.92. The molecule has 2 N–H and O–H groups in total. The number of halogens is 4. The molecule has 1 aliphatic heterocycles. The number of rotatable bonds is 4. The number of benzene rings is 1. The van der Waals surface area contributed by atoms with Gasteiger partial charge in [-0.1, -0.05) is 41.9 Å². The topological polar surface area (TPSA) is 76.8 Å². The molecular formula is C20H20ClF3N6O. The summed E-state index contributed by atoms with van der Waals surface area (Å²) < 4.78 is 43.9. The van der Waals surface area contributed by atoms with Crippen molar-refractivity contribution in [1.82, 2.24) is 24.9 Å². The number of aryl methyl sites for hydroxylation is 1. The normalized spacial score (nSPS) is 18.4. The molecule has 3 aromatic rings. The van der Waals surface area contributed by atoms with Crippen LogP contribution in [0.2, 0.25) is 5.02 Å². The first-order valence-electron chi connectivity index (χ1n) is 9.58. The molecule has 31 heavy (non-hydrogen) atoms. The summed E-state index contributed by atoms with van der Waals surface area (Å²) in [5.74, 6) is -0.680.